The Morgan fingerprint density at radius 2 is 1.88 bits per heavy atom. The number of sulfone groups is 1. The summed E-state index contributed by atoms with van der Waals surface area (Å²) < 4.78 is 24.0. The molecule has 0 radical (unpaired) electrons. The van der Waals surface area contributed by atoms with Crippen LogP contribution in [0.25, 0.3) is 10.9 Å². The average molecular weight is 363 g/mol. The van der Waals surface area contributed by atoms with Crippen molar-refractivity contribution in [1.82, 2.24) is 15.4 Å². The number of nitrogens with two attached hydrogens (primary N) is 1. The second kappa shape index (κ2) is 6.93. The zero-order valence-corrected chi connectivity index (χ0v) is 14.8. The van der Waals surface area contributed by atoms with Crippen LogP contribution in [0.5, 0.6) is 0 Å². The largest absolute Gasteiger partial charge is 0.337 e. The average Bonchev–Trinajstić information content (AvgIpc) is 2.61. The summed E-state index contributed by atoms with van der Waals surface area (Å²) >= 11 is 0. The highest BCUT2D eigenvalue weighted by atomic mass is 32.2. The number of rotatable bonds is 3. The number of aromatic nitrogens is 2. The van der Waals surface area contributed by atoms with E-state index in [1.165, 1.54) is 4.90 Å². The van der Waals surface area contributed by atoms with E-state index in [1.54, 1.807) is 24.3 Å². The van der Waals surface area contributed by atoms with Crippen molar-refractivity contribution in [1.29, 1.82) is 0 Å². The normalized spacial score (nSPS) is 15.9. The first kappa shape index (κ1) is 17.6. The van der Waals surface area contributed by atoms with Crippen LogP contribution in [0.15, 0.2) is 29.4 Å². The molecular weight excluding hydrogens is 342 g/mol. The molecule has 2 aromatic rings. The van der Waals surface area contributed by atoms with Crippen molar-refractivity contribution in [2.75, 3.05) is 11.2 Å². The Morgan fingerprint density at radius 3 is 2.52 bits per heavy atom. The lowest BCUT2D eigenvalue weighted by Crippen LogP contribution is -2.50. The maximum atomic E-state index is 12.5. The summed E-state index contributed by atoms with van der Waals surface area (Å²) in [5, 5.41) is 0.316. The fourth-order valence-corrected chi connectivity index (χ4v) is 3.75. The van der Waals surface area contributed by atoms with Crippen molar-refractivity contribution < 1.29 is 13.2 Å². The van der Waals surface area contributed by atoms with E-state index in [0.29, 0.717) is 10.9 Å². The molecule has 1 aromatic heterocycles. The van der Waals surface area contributed by atoms with Crippen LogP contribution in [-0.4, -0.2) is 36.7 Å². The fraction of sp³-hybridized carbons (Fsp3) is 0.438. The maximum Gasteiger partial charge on any atom is 0.337 e. The van der Waals surface area contributed by atoms with E-state index >= 15 is 0 Å². The predicted molar refractivity (Wildman–Crippen MR) is 94.7 cm³/mol. The van der Waals surface area contributed by atoms with Gasteiger partial charge in [0, 0.05) is 17.7 Å². The quantitative estimate of drug-likeness (QED) is 0.371. The van der Waals surface area contributed by atoms with E-state index in [-0.39, 0.29) is 17.0 Å². The van der Waals surface area contributed by atoms with Crippen molar-refractivity contribution in [3.63, 3.8) is 0 Å². The van der Waals surface area contributed by atoms with Crippen LogP contribution in [0.1, 0.15) is 32.1 Å². The summed E-state index contributed by atoms with van der Waals surface area (Å²) in [4.78, 5) is 22.3. The van der Waals surface area contributed by atoms with E-state index in [0.717, 1.165) is 38.4 Å². The van der Waals surface area contributed by atoms with Crippen LogP contribution in [0.3, 0.4) is 0 Å². The molecule has 9 heteroatoms. The topological polar surface area (TPSA) is 118 Å². The number of hydrogen-bond donors (Lipinski definition) is 2. The minimum atomic E-state index is -3.63. The zero-order chi connectivity index (χ0) is 18.0. The van der Waals surface area contributed by atoms with Crippen LogP contribution in [-0.2, 0) is 9.84 Å². The van der Waals surface area contributed by atoms with Gasteiger partial charge in [0.25, 0.3) is 0 Å². The summed E-state index contributed by atoms with van der Waals surface area (Å²) in [5.74, 6) is 5.66. The highest BCUT2D eigenvalue weighted by molar-refractivity contribution is 7.90. The number of amides is 2. The van der Waals surface area contributed by atoms with Gasteiger partial charge in [-0.3, -0.25) is 10.3 Å². The molecule has 0 bridgehead atoms. The number of urea groups is 1. The van der Waals surface area contributed by atoms with E-state index in [4.69, 9.17) is 5.84 Å². The number of carbonyl (C=O) groups excluding carboxylic acids is 1. The van der Waals surface area contributed by atoms with Gasteiger partial charge in [0.15, 0.2) is 0 Å². The molecule has 1 heterocycles. The predicted octanol–water partition coefficient (Wildman–Crippen LogP) is 1.76. The molecular formula is C16H21N5O3S. The van der Waals surface area contributed by atoms with Crippen molar-refractivity contribution in [3.05, 3.63) is 24.3 Å². The number of para-hydroxylation sites is 1. The number of benzene rings is 1. The summed E-state index contributed by atoms with van der Waals surface area (Å²) in [7, 11) is -3.63. The van der Waals surface area contributed by atoms with Crippen molar-refractivity contribution in [2.24, 2.45) is 5.84 Å². The number of fused-ring (bicyclic) bond motifs is 1. The number of hydrazine groups is 1. The van der Waals surface area contributed by atoms with Crippen molar-refractivity contribution >= 4 is 32.6 Å². The number of hydrogen-bond acceptors (Lipinski definition) is 6. The van der Waals surface area contributed by atoms with Gasteiger partial charge in [-0.15, -0.1) is 0 Å². The number of anilines is 1. The first-order chi connectivity index (χ1) is 11.9. The van der Waals surface area contributed by atoms with E-state index < -0.39 is 15.9 Å². The summed E-state index contributed by atoms with van der Waals surface area (Å²) in [6.07, 6.45) is 5.81. The molecule has 3 rings (SSSR count). The smallest absolute Gasteiger partial charge is 0.275 e. The molecule has 134 valence electrons. The Bertz CT molecular complexity index is 894. The summed E-state index contributed by atoms with van der Waals surface area (Å²) in [6.45, 7) is 0. The van der Waals surface area contributed by atoms with Gasteiger partial charge >= 0.3 is 6.03 Å². The molecule has 2 amide bonds. The summed E-state index contributed by atoms with van der Waals surface area (Å²) in [5.41, 5.74) is 2.63. The van der Waals surface area contributed by atoms with Crippen LogP contribution in [0.2, 0.25) is 0 Å². The molecule has 0 spiro atoms. The number of nitrogens with zero attached hydrogens (tertiary/aromatic N) is 3. The van der Waals surface area contributed by atoms with Gasteiger partial charge in [0.2, 0.25) is 15.0 Å². The van der Waals surface area contributed by atoms with Crippen LogP contribution < -0.4 is 16.2 Å². The highest BCUT2D eigenvalue weighted by Crippen LogP contribution is 2.31. The molecule has 0 unspecified atom stereocenters. The van der Waals surface area contributed by atoms with Gasteiger partial charge in [-0.2, -0.15) is 4.98 Å². The molecule has 1 aromatic carbocycles. The van der Waals surface area contributed by atoms with Gasteiger partial charge in [-0.25, -0.2) is 24.0 Å². The van der Waals surface area contributed by atoms with Gasteiger partial charge in [-0.05, 0) is 25.0 Å². The monoisotopic (exact) mass is 363 g/mol. The van der Waals surface area contributed by atoms with Gasteiger partial charge < -0.3 is 0 Å². The molecule has 1 saturated carbocycles. The van der Waals surface area contributed by atoms with Gasteiger partial charge in [0.05, 0.1) is 5.52 Å². The number of nitrogens with one attached hydrogen (secondary N) is 1. The van der Waals surface area contributed by atoms with Crippen LogP contribution >= 0.6 is 0 Å². The van der Waals surface area contributed by atoms with Crippen LogP contribution in [0, 0.1) is 0 Å². The molecule has 1 aliphatic carbocycles. The van der Waals surface area contributed by atoms with E-state index in [1.807, 2.05) is 0 Å². The third-order valence-corrected chi connectivity index (χ3v) is 5.25. The molecule has 0 aliphatic heterocycles. The van der Waals surface area contributed by atoms with Gasteiger partial charge in [0.1, 0.15) is 5.82 Å². The van der Waals surface area contributed by atoms with E-state index in [2.05, 4.69) is 15.4 Å². The fourth-order valence-electron chi connectivity index (χ4n) is 3.23. The second-order valence-corrected chi connectivity index (χ2v) is 8.14. The zero-order valence-electron chi connectivity index (χ0n) is 14.0. The Hall–Kier alpha value is -2.26. The SMILES string of the molecule is CS(=O)(=O)c1nc(N(C(=O)NN)C2CCCCC2)c2ccccc2n1. The number of carbonyl (C=O) groups is 1. The van der Waals surface area contributed by atoms with Crippen molar-refractivity contribution in [3.8, 4) is 0 Å². The Morgan fingerprint density at radius 1 is 1.20 bits per heavy atom. The first-order valence-electron chi connectivity index (χ1n) is 8.18. The van der Waals surface area contributed by atoms with Crippen LogP contribution in [0.4, 0.5) is 10.6 Å². The lowest BCUT2D eigenvalue weighted by atomic mass is 9.94. The molecule has 0 atom stereocenters. The highest BCUT2D eigenvalue weighted by Gasteiger charge is 2.30. The second-order valence-electron chi connectivity index (χ2n) is 6.23. The third-order valence-electron chi connectivity index (χ3n) is 4.40. The molecule has 25 heavy (non-hydrogen) atoms. The maximum absolute atomic E-state index is 12.5. The molecule has 0 saturated heterocycles. The Kier molecular flexibility index (Phi) is 4.87. The lowest BCUT2D eigenvalue weighted by molar-refractivity contribution is 0.241. The Balaban J connectivity index is 2.23. The first-order valence-corrected chi connectivity index (χ1v) is 10.1. The minimum absolute atomic E-state index is 0.0805. The summed E-state index contributed by atoms with van der Waals surface area (Å²) in [6, 6.07) is 6.46. The molecule has 1 aliphatic rings. The minimum Gasteiger partial charge on any atom is -0.275 e. The lowest BCUT2D eigenvalue weighted by Gasteiger charge is -2.33. The van der Waals surface area contributed by atoms with E-state index in [9.17, 15) is 13.2 Å². The Labute approximate surface area is 146 Å². The molecule has 3 N–H and O–H groups in total. The standard InChI is InChI=1S/C16H21N5O3S/c1-25(23,24)15-18-13-10-6-5-9-12(13)14(19-15)21(16(22)20-17)11-7-3-2-4-8-11/h5-6,9-11H,2-4,7-8,17H2,1H3,(H,20,22). The third kappa shape index (κ3) is 3.57. The van der Waals surface area contributed by atoms with Gasteiger partial charge in [-0.1, -0.05) is 31.4 Å². The molecule has 8 nitrogen and oxygen atoms in total. The molecule has 1 fully saturated rings. The van der Waals surface area contributed by atoms with Crippen molar-refractivity contribution in [2.45, 2.75) is 43.3 Å².